The summed E-state index contributed by atoms with van der Waals surface area (Å²) in [6.45, 7) is 3.47. The van der Waals surface area contributed by atoms with Crippen LogP contribution in [-0.4, -0.2) is 104 Å². The molecule has 64 heavy (non-hydrogen) atoms. The summed E-state index contributed by atoms with van der Waals surface area (Å²) in [5.41, 5.74) is 3.43. The second kappa shape index (κ2) is 24.7. The highest BCUT2D eigenvalue weighted by atomic mass is 35.5. The van der Waals surface area contributed by atoms with Crippen LogP contribution in [0.1, 0.15) is 43.0 Å². The molecule has 0 saturated carbocycles. The fraction of sp³-hybridized carbons (Fsp3) is 0.417. The van der Waals surface area contributed by atoms with Gasteiger partial charge in [0.05, 0.1) is 33.0 Å². The Bertz CT molecular complexity index is 2040. The van der Waals surface area contributed by atoms with E-state index in [0.29, 0.717) is 0 Å². The summed E-state index contributed by atoms with van der Waals surface area (Å²) in [7, 11) is 0. The molecule has 0 radical (unpaired) electrons. The molecule has 15 nitrogen and oxygen atoms in total. The smallest absolute Gasteiger partial charge is 0.321 e. The summed E-state index contributed by atoms with van der Waals surface area (Å²) < 4.78 is 69.1. The van der Waals surface area contributed by atoms with Gasteiger partial charge in [-0.05, 0) is 22.3 Å². The van der Waals surface area contributed by atoms with E-state index in [2.05, 4.69) is 0 Å². The second-order valence-electron chi connectivity index (χ2n) is 15.0. The molecule has 0 spiro atoms. The lowest BCUT2D eigenvalue weighted by Crippen LogP contribution is -2.67. The predicted molar refractivity (Wildman–Crippen MR) is 228 cm³/mol. The SMILES string of the molecule is CC(=O)OC[C@H]1O[C@@H](O[C@@H]2[C@@H](OCc3ccccc3)[C@@H](OCc3ccccc3)O[C@H](COCc3ccccc3)[C@H]2OCc2ccccc2)[C@H](OC(C)=O)[C@@H](OC(=O)CCl)[C@@H]1OC(C)=O. The molecule has 342 valence electrons. The summed E-state index contributed by atoms with van der Waals surface area (Å²) in [5.74, 6) is -3.82. The predicted octanol–water partition coefficient (Wildman–Crippen LogP) is 6.00. The van der Waals surface area contributed by atoms with Crippen LogP contribution < -0.4 is 0 Å². The molecule has 0 bridgehead atoms. The van der Waals surface area contributed by atoms with E-state index in [1.165, 1.54) is 6.92 Å². The molecule has 4 aromatic rings. The minimum atomic E-state index is -1.63. The molecule has 6 rings (SSSR count). The maximum atomic E-state index is 12.9. The van der Waals surface area contributed by atoms with Crippen LogP contribution in [0.15, 0.2) is 121 Å². The summed E-state index contributed by atoms with van der Waals surface area (Å²) in [6.07, 6.45) is -12.9. The number of hydrogen-bond donors (Lipinski definition) is 0. The van der Waals surface area contributed by atoms with Gasteiger partial charge in [-0.2, -0.15) is 0 Å². The van der Waals surface area contributed by atoms with Crippen molar-refractivity contribution in [2.45, 2.75) is 109 Å². The first kappa shape index (κ1) is 48.2. The molecule has 2 heterocycles. The molecule has 0 unspecified atom stereocenters. The standard InChI is InChI=1S/C48H53ClO15/c1-31(50)55-30-39-42(59-32(2)51)44(63-40(53)24-49)46(60-33(3)52)48(62-39)64-43-41(56-26-35-18-10-5-11-19-35)38(29-54-25-34-16-8-4-9-17-34)61-47(58-28-37-22-14-7-15-23-37)45(43)57-27-36-20-12-6-13-21-36/h4-23,38-39,41-48H,24-30H2,1-3H3/t38-,39-,41-,42-,43+,44+,45-,46-,47+,48+/m1/s1. The van der Waals surface area contributed by atoms with E-state index in [1.807, 2.05) is 121 Å². The number of ether oxygens (including phenoxy) is 11. The number of carbonyl (C=O) groups excluding carboxylic acids is 4. The van der Waals surface area contributed by atoms with Crippen LogP contribution in [0.5, 0.6) is 0 Å². The maximum absolute atomic E-state index is 12.9. The summed E-state index contributed by atoms with van der Waals surface area (Å²) in [6, 6.07) is 38.0. The van der Waals surface area contributed by atoms with Crippen LogP contribution in [0.4, 0.5) is 0 Å². The zero-order valence-electron chi connectivity index (χ0n) is 35.8. The van der Waals surface area contributed by atoms with Crippen molar-refractivity contribution >= 4 is 35.5 Å². The highest BCUT2D eigenvalue weighted by Gasteiger charge is 2.57. The molecule has 2 saturated heterocycles. The van der Waals surface area contributed by atoms with E-state index in [1.54, 1.807) is 0 Å². The molecule has 0 aliphatic carbocycles. The molecular weight excluding hydrogens is 852 g/mol. The molecule has 0 amide bonds. The van der Waals surface area contributed by atoms with Crippen LogP contribution >= 0.6 is 11.6 Å². The molecule has 2 fully saturated rings. The van der Waals surface area contributed by atoms with Crippen molar-refractivity contribution in [2.24, 2.45) is 0 Å². The monoisotopic (exact) mass is 904 g/mol. The van der Waals surface area contributed by atoms with E-state index >= 15 is 0 Å². The molecule has 0 aromatic heterocycles. The number of hydrogen-bond acceptors (Lipinski definition) is 15. The largest absolute Gasteiger partial charge is 0.463 e. The molecule has 10 atom stereocenters. The number of alkyl halides is 1. The Morgan fingerprint density at radius 2 is 0.922 bits per heavy atom. The van der Waals surface area contributed by atoms with E-state index in [0.717, 1.165) is 36.1 Å². The summed E-state index contributed by atoms with van der Waals surface area (Å²) in [5, 5.41) is 0. The van der Waals surface area contributed by atoms with Crippen molar-refractivity contribution in [1.82, 2.24) is 0 Å². The lowest BCUT2D eigenvalue weighted by Gasteiger charge is -2.49. The molecule has 2 aliphatic heterocycles. The van der Waals surface area contributed by atoms with Crippen molar-refractivity contribution < 1.29 is 71.3 Å². The highest BCUT2D eigenvalue weighted by molar-refractivity contribution is 6.26. The van der Waals surface area contributed by atoms with Gasteiger partial charge in [-0.15, -0.1) is 11.6 Å². The van der Waals surface area contributed by atoms with Crippen LogP contribution in [0, 0.1) is 0 Å². The normalized spacial score (nSPS) is 25.4. The molecular formula is C48H53ClO15. The zero-order valence-corrected chi connectivity index (χ0v) is 36.5. The first-order chi connectivity index (χ1) is 31.1. The van der Waals surface area contributed by atoms with Gasteiger partial charge < -0.3 is 52.1 Å². The number of benzene rings is 4. The van der Waals surface area contributed by atoms with Crippen LogP contribution in [-0.2, 0) is 97.7 Å². The van der Waals surface area contributed by atoms with Crippen LogP contribution in [0.25, 0.3) is 0 Å². The van der Waals surface area contributed by atoms with E-state index < -0.39 is 97.8 Å². The zero-order chi connectivity index (χ0) is 45.3. The van der Waals surface area contributed by atoms with E-state index in [-0.39, 0.29) is 33.0 Å². The maximum Gasteiger partial charge on any atom is 0.321 e. The van der Waals surface area contributed by atoms with Gasteiger partial charge in [0.2, 0.25) is 0 Å². The summed E-state index contributed by atoms with van der Waals surface area (Å²) >= 11 is 5.91. The molecule has 2 aliphatic rings. The minimum Gasteiger partial charge on any atom is -0.463 e. The minimum absolute atomic E-state index is 0.0106. The van der Waals surface area contributed by atoms with E-state index in [4.69, 9.17) is 63.7 Å². The first-order valence-corrected chi connectivity index (χ1v) is 21.4. The lowest BCUT2D eigenvalue weighted by atomic mass is 9.95. The van der Waals surface area contributed by atoms with Crippen molar-refractivity contribution in [3.05, 3.63) is 144 Å². The van der Waals surface area contributed by atoms with Gasteiger partial charge in [0.25, 0.3) is 0 Å². The van der Waals surface area contributed by atoms with Crippen molar-refractivity contribution in [3.63, 3.8) is 0 Å². The highest BCUT2D eigenvalue weighted by Crippen LogP contribution is 2.36. The third kappa shape index (κ3) is 14.4. The third-order valence-corrected chi connectivity index (χ3v) is 10.3. The Hall–Kier alpha value is -5.23. The lowest BCUT2D eigenvalue weighted by molar-refractivity contribution is -0.372. The quantitative estimate of drug-likeness (QED) is 0.0542. The van der Waals surface area contributed by atoms with Gasteiger partial charge in [-0.1, -0.05) is 121 Å². The number of carbonyl (C=O) groups is 4. The summed E-state index contributed by atoms with van der Waals surface area (Å²) in [4.78, 5) is 50.5. The Balaban J connectivity index is 1.45. The molecule has 16 heteroatoms. The van der Waals surface area contributed by atoms with Crippen molar-refractivity contribution in [3.8, 4) is 0 Å². The average molecular weight is 905 g/mol. The van der Waals surface area contributed by atoms with Crippen molar-refractivity contribution in [1.29, 1.82) is 0 Å². The van der Waals surface area contributed by atoms with Gasteiger partial charge in [-0.3, -0.25) is 19.2 Å². The van der Waals surface area contributed by atoms with Gasteiger partial charge in [-0.25, -0.2) is 0 Å². The average Bonchev–Trinajstić information content (AvgIpc) is 3.29. The number of halogens is 1. The fourth-order valence-electron chi connectivity index (χ4n) is 7.28. The number of rotatable bonds is 21. The number of esters is 4. The Kier molecular flexibility index (Phi) is 18.6. The van der Waals surface area contributed by atoms with Gasteiger partial charge in [0, 0.05) is 20.8 Å². The van der Waals surface area contributed by atoms with E-state index in [9.17, 15) is 19.2 Å². The molecule has 4 aromatic carbocycles. The fourth-order valence-corrected chi connectivity index (χ4v) is 7.34. The Labute approximate surface area is 377 Å². The first-order valence-electron chi connectivity index (χ1n) is 20.9. The van der Waals surface area contributed by atoms with Crippen LogP contribution in [0.2, 0.25) is 0 Å². The Morgan fingerprint density at radius 3 is 1.42 bits per heavy atom. The third-order valence-electron chi connectivity index (χ3n) is 10.1. The Morgan fingerprint density at radius 1 is 0.469 bits per heavy atom. The van der Waals surface area contributed by atoms with Gasteiger partial charge in [0.1, 0.15) is 43.0 Å². The van der Waals surface area contributed by atoms with Crippen molar-refractivity contribution in [2.75, 3.05) is 19.1 Å². The van der Waals surface area contributed by atoms with Gasteiger partial charge in [0.15, 0.2) is 30.9 Å². The molecule has 0 N–H and O–H groups in total. The second-order valence-corrected chi connectivity index (χ2v) is 15.3. The van der Waals surface area contributed by atoms with Crippen LogP contribution in [0.3, 0.4) is 0 Å². The topological polar surface area (TPSA) is 170 Å². The van der Waals surface area contributed by atoms with Gasteiger partial charge >= 0.3 is 23.9 Å².